The quantitative estimate of drug-likeness (QED) is 0.776. The molecule has 30 heavy (non-hydrogen) atoms. The maximum atomic E-state index is 14.9. The van der Waals surface area contributed by atoms with Gasteiger partial charge in [0.15, 0.2) is 0 Å². The Hall–Kier alpha value is -2.15. The largest absolute Gasteiger partial charge is 0.444 e. The molecule has 2 fully saturated rings. The first-order valence-corrected chi connectivity index (χ1v) is 11.0. The number of H-pyrrole nitrogens is 1. The third-order valence-corrected chi connectivity index (χ3v) is 6.39. The smallest absolute Gasteiger partial charge is 0.410 e. The zero-order valence-electron chi connectivity index (χ0n) is 18.5. The van der Waals surface area contributed by atoms with Crippen LogP contribution in [0.5, 0.6) is 0 Å². The summed E-state index contributed by atoms with van der Waals surface area (Å²) >= 11 is 0. The van der Waals surface area contributed by atoms with Gasteiger partial charge in [0.25, 0.3) is 0 Å². The van der Waals surface area contributed by atoms with Gasteiger partial charge in [-0.2, -0.15) is 0 Å². The van der Waals surface area contributed by atoms with Gasteiger partial charge in [0, 0.05) is 35.7 Å². The van der Waals surface area contributed by atoms with Crippen LogP contribution in [-0.4, -0.2) is 64.7 Å². The summed E-state index contributed by atoms with van der Waals surface area (Å²) in [5.41, 5.74) is 2.19. The van der Waals surface area contributed by atoms with E-state index in [-0.39, 0.29) is 17.8 Å². The van der Waals surface area contributed by atoms with Gasteiger partial charge >= 0.3 is 6.09 Å². The molecule has 2 aliphatic heterocycles. The van der Waals surface area contributed by atoms with Crippen LogP contribution >= 0.6 is 0 Å². The number of halogens is 1. The Balaban J connectivity index is 1.51. The standard InChI is InChI=1S/C23H33FN4O2/c1-23(2,3)30-22(29)28-11-7-16(8-12-28)20-17-13-19(15-5-9-27(4)10-6-15)26-21(17)25-14-18(20)24/h13-16H,5-12H2,1-4H3,(H,25,26). The highest BCUT2D eigenvalue weighted by Gasteiger charge is 2.30. The number of likely N-dealkylation sites (tertiary alicyclic amines) is 2. The zero-order valence-corrected chi connectivity index (χ0v) is 18.5. The van der Waals surface area contributed by atoms with Gasteiger partial charge in [-0.25, -0.2) is 14.2 Å². The molecule has 0 unspecified atom stereocenters. The van der Waals surface area contributed by atoms with Crippen molar-refractivity contribution < 1.29 is 13.9 Å². The number of hydrogen-bond donors (Lipinski definition) is 1. The number of rotatable bonds is 2. The summed E-state index contributed by atoms with van der Waals surface area (Å²) in [4.78, 5) is 24.2. The van der Waals surface area contributed by atoms with E-state index in [9.17, 15) is 9.18 Å². The van der Waals surface area contributed by atoms with Crippen molar-refractivity contribution >= 4 is 17.1 Å². The van der Waals surface area contributed by atoms with Gasteiger partial charge in [0.1, 0.15) is 17.1 Å². The van der Waals surface area contributed by atoms with Crippen molar-refractivity contribution in [3.8, 4) is 0 Å². The van der Waals surface area contributed by atoms with E-state index >= 15 is 0 Å². The Morgan fingerprint density at radius 3 is 2.40 bits per heavy atom. The molecule has 0 atom stereocenters. The Labute approximate surface area is 177 Å². The van der Waals surface area contributed by atoms with Crippen LogP contribution in [-0.2, 0) is 4.74 Å². The lowest BCUT2D eigenvalue weighted by atomic mass is 9.87. The fraction of sp³-hybridized carbons (Fsp3) is 0.652. The molecular formula is C23H33FN4O2. The summed E-state index contributed by atoms with van der Waals surface area (Å²) in [7, 11) is 2.15. The summed E-state index contributed by atoms with van der Waals surface area (Å²) in [6, 6.07) is 2.12. The van der Waals surface area contributed by atoms with E-state index in [1.54, 1.807) is 4.90 Å². The molecule has 2 aliphatic rings. The number of aromatic amines is 1. The summed E-state index contributed by atoms with van der Waals surface area (Å²) in [5, 5.41) is 0.902. The first-order valence-electron chi connectivity index (χ1n) is 11.0. The maximum Gasteiger partial charge on any atom is 0.410 e. The number of amides is 1. The third-order valence-electron chi connectivity index (χ3n) is 6.39. The van der Waals surface area contributed by atoms with Crippen LogP contribution in [0.4, 0.5) is 9.18 Å². The van der Waals surface area contributed by atoms with Crippen LogP contribution in [0.3, 0.4) is 0 Å². The molecule has 0 aliphatic carbocycles. The molecule has 4 heterocycles. The van der Waals surface area contributed by atoms with E-state index < -0.39 is 5.60 Å². The predicted molar refractivity (Wildman–Crippen MR) is 115 cm³/mol. The first kappa shape index (κ1) is 21.1. The Morgan fingerprint density at radius 1 is 1.13 bits per heavy atom. The normalized spacial score (nSPS) is 20.1. The van der Waals surface area contributed by atoms with Gasteiger partial charge in [-0.1, -0.05) is 0 Å². The van der Waals surface area contributed by atoms with Crippen molar-refractivity contribution in [2.75, 3.05) is 33.2 Å². The molecule has 0 spiro atoms. The highest BCUT2D eigenvalue weighted by atomic mass is 19.1. The van der Waals surface area contributed by atoms with Crippen molar-refractivity contribution in [1.29, 1.82) is 0 Å². The molecule has 7 heteroatoms. The second kappa shape index (κ2) is 8.17. The second-order valence-electron chi connectivity index (χ2n) is 9.83. The minimum absolute atomic E-state index is 0.0790. The lowest BCUT2D eigenvalue weighted by Crippen LogP contribution is -2.41. The molecule has 1 amide bonds. The molecule has 1 N–H and O–H groups in total. The number of hydrogen-bond acceptors (Lipinski definition) is 4. The molecule has 0 aromatic carbocycles. The van der Waals surface area contributed by atoms with Crippen LogP contribution in [0.15, 0.2) is 12.3 Å². The fourth-order valence-electron chi connectivity index (χ4n) is 4.72. The lowest BCUT2D eigenvalue weighted by molar-refractivity contribution is 0.0204. The summed E-state index contributed by atoms with van der Waals surface area (Å²) in [6.45, 7) is 8.93. The number of aromatic nitrogens is 2. The van der Waals surface area contributed by atoms with Crippen LogP contribution in [0, 0.1) is 5.82 Å². The molecular weight excluding hydrogens is 383 g/mol. The Kier molecular flexibility index (Phi) is 5.75. The van der Waals surface area contributed by atoms with Gasteiger partial charge < -0.3 is 19.5 Å². The van der Waals surface area contributed by atoms with Gasteiger partial charge in [-0.3, -0.25) is 0 Å². The molecule has 0 radical (unpaired) electrons. The second-order valence-corrected chi connectivity index (χ2v) is 9.83. The Morgan fingerprint density at radius 2 is 1.77 bits per heavy atom. The number of carbonyl (C=O) groups is 1. The van der Waals surface area contributed by atoms with E-state index in [0.29, 0.717) is 19.0 Å². The van der Waals surface area contributed by atoms with Crippen molar-refractivity contribution in [3.05, 3.63) is 29.3 Å². The van der Waals surface area contributed by atoms with Crippen molar-refractivity contribution in [2.45, 2.75) is 63.9 Å². The number of ether oxygens (including phenoxy) is 1. The molecule has 4 rings (SSSR count). The molecule has 2 aromatic heterocycles. The monoisotopic (exact) mass is 416 g/mol. The van der Waals surface area contributed by atoms with Gasteiger partial charge in [0.2, 0.25) is 0 Å². The number of nitrogens with one attached hydrogen (secondary N) is 1. The van der Waals surface area contributed by atoms with Gasteiger partial charge in [0.05, 0.1) is 6.20 Å². The molecule has 0 saturated carbocycles. The highest BCUT2D eigenvalue weighted by molar-refractivity contribution is 5.81. The highest BCUT2D eigenvalue weighted by Crippen LogP contribution is 2.37. The van der Waals surface area contributed by atoms with Crippen molar-refractivity contribution in [2.24, 2.45) is 0 Å². The third kappa shape index (κ3) is 4.46. The van der Waals surface area contributed by atoms with Crippen LogP contribution in [0.2, 0.25) is 0 Å². The molecule has 2 saturated heterocycles. The lowest BCUT2D eigenvalue weighted by Gasteiger charge is -2.33. The zero-order chi connectivity index (χ0) is 21.5. The van der Waals surface area contributed by atoms with Crippen molar-refractivity contribution in [3.63, 3.8) is 0 Å². The molecule has 2 aromatic rings. The average molecular weight is 417 g/mol. The van der Waals surface area contributed by atoms with E-state index in [4.69, 9.17) is 4.74 Å². The number of piperidine rings is 2. The van der Waals surface area contributed by atoms with Crippen LogP contribution in [0.25, 0.3) is 11.0 Å². The SMILES string of the molecule is CN1CCC(c2cc3c(C4CCN(C(=O)OC(C)(C)C)CC4)c(F)cnc3[nH]2)CC1. The first-order chi connectivity index (χ1) is 14.2. The summed E-state index contributed by atoms with van der Waals surface area (Å²) in [6.07, 6.45) is 4.72. The molecule has 0 bridgehead atoms. The maximum absolute atomic E-state index is 14.9. The van der Waals surface area contributed by atoms with Crippen LogP contribution < -0.4 is 0 Å². The topological polar surface area (TPSA) is 61.5 Å². The minimum Gasteiger partial charge on any atom is -0.444 e. The molecule has 6 nitrogen and oxygen atoms in total. The average Bonchev–Trinajstić information content (AvgIpc) is 3.11. The Bertz CT molecular complexity index is 904. The number of carbonyl (C=O) groups excluding carboxylic acids is 1. The van der Waals surface area contributed by atoms with E-state index in [2.05, 4.69) is 28.0 Å². The summed E-state index contributed by atoms with van der Waals surface area (Å²) < 4.78 is 20.4. The van der Waals surface area contributed by atoms with Crippen molar-refractivity contribution in [1.82, 2.24) is 19.8 Å². The summed E-state index contributed by atoms with van der Waals surface area (Å²) in [5.74, 6) is 0.308. The fourth-order valence-corrected chi connectivity index (χ4v) is 4.72. The van der Waals surface area contributed by atoms with Gasteiger partial charge in [-0.05, 0) is 78.6 Å². The minimum atomic E-state index is -0.507. The molecule has 164 valence electrons. The van der Waals surface area contributed by atoms with Crippen LogP contribution in [0.1, 0.15) is 69.5 Å². The van der Waals surface area contributed by atoms with E-state index in [1.807, 2.05) is 20.8 Å². The van der Waals surface area contributed by atoms with E-state index in [1.165, 1.54) is 11.9 Å². The van der Waals surface area contributed by atoms with Gasteiger partial charge in [-0.15, -0.1) is 0 Å². The number of fused-ring (bicyclic) bond motifs is 1. The number of nitrogens with zero attached hydrogens (tertiary/aromatic N) is 3. The number of pyridine rings is 1. The van der Waals surface area contributed by atoms with E-state index in [0.717, 1.165) is 55.4 Å². The predicted octanol–water partition coefficient (Wildman–Crippen LogP) is 4.63.